The Bertz CT molecular complexity index is 851. The number of nitro groups is 1. The first-order valence-electron chi connectivity index (χ1n) is 8.57. The Balaban J connectivity index is 1.48. The molecule has 3 fully saturated rings. The van der Waals surface area contributed by atoms with Crippen LogP contribution in [0.15, 0.2) is 30.3 Å². The van der Waals surface area contributed by atoms with Crippen LogP contribution in [0.25, 0.3) is 0 Å². The molecule has 3 saturated heterocycles. The van der Waals surface area contributed by atoms with Crippen LogP contribution in [0.2, 0.25) is 0 Å². The van der Waals surface area contributed by atoms with E-state index >= 15 is 0 Å². The van der Waals surface area contributed by atoms with Gasteiger partial charge in [-0.3, -0.25) is 14.9 Å². The van der Waals surface area contributed by atoms with Gasteiger partial charge in [0.15, 0.2) is 0 Å². The molecule has 8 nitrogen and oxygen atoms in total. The number of anilines is 1. The lowest BCUT2D eigenvalue weighted by molar-refractivity contribution is -0.384. The lowest BCUT2D eigenvalue weighted by Gasteiger charge is -2.56. The molecule has 4 heterocycles. The van der Waals surface area contributed by atoms with Crippen molar-refractivity contribution in [3.05, 3.63) is 57.5 Å². The SMILES string of the molecule is Cc1cc(N2CC3CC(C2)N3C(=O)c2ccc([N+](=O)[O-])cc2)nc(C)n1. The van der Waals surface area contributed by atoms with Crippen LogP contribution in [0.5, 0.6) is 0 Å². The first-order chi connectivity index (χ1) is 12.4. The minimum absolute atomic E-state index is 0.00831. The molecule has 1 aromatic heterocycles. The van der Waals surface area contributed by atoms with Gasteiger partial charge in [0, 0.05) is 42.5 Å². The smallest absolute Gasteiger partial charge is 0.269 e. The molecule has 8 heteroatoms. The van der Waals surface area contributed by atoms with Gasteiger partial charge in [-0.2, -0.15) is 0 Å². The van der Waals surface area contributed by atoms with E-state index in [1.54, 1.807) is 0 Å². The molecule has 2 atom stereocenters. The van der Waals surface area contributed by atoms with E-state index in [-0.39, 0.29) is 23.7 Å². The number of piperidine rings is 1. The zero-order valence-electron chi connectivity index (χ0n) is 14.6. The molecule has 3 aliphatic heterocycles. The van der Waals surface area contributed by atoms with Crippen molar-refractivity contribution in [3.8, 4) is 0 Å². The number of nitro benzene ring substituents is 1. The maximum absolute atomic E-state index is 12.8. The van der Waals surface area contributed by atoms with Gasteiger partial charge in [-0.05, 0) is 32.4 Å². The Labute approximate surface area is 150 Å². The van der Waals surface area contributed by atoms with E-state index in [1.807, 2.05) is 24.8 Å². The number of carbonyl (C=O) groups is 1. The number of aryl methyl sites for hydroxylation is 2. The fourth-order valence-electron chi connectivity index (χ4n) is 3.86. The van der Waals surface area contributed by atoms with Gasteiger partial charge in [0.05, 0.1) is 17.0 Å². The number of amides is 1. The third kappa shape index (κ3) is 2.77. The highest BCUT2D eigenvalue weighted by atomic mass is 16.6. The highest BCUT2D eigenvalue weighted by molar-refractivity contribution is 5.95. The van der Waals surface area contributed by atoms with Gasteiger partial charge in [0.25, 0.3) is 11.6 Å². The zero-order valence-corrected chi connectivity index (χ0v) is 14.6. The molecule has 2 aromatic rings. The molecule has 0 N–H and O–H groups in total. The normalized spacial score (nSPS) is 21.3. The second-order valence-electron chi connectivity index (χ2n) is 6.88. The van der Waals surface area contributed by atoms with E-state index in [0.717, 1.165) is 36.8 Å². The predicted molar refractivity (Wildman–Crippen MR) is 95.2 cm³/mol. The van der Waals surface area contributed by atoms with E-state index in [1.165, 1.54) is 24.3 Å². The van der Waals surface area contributed by atoms with Crippen LogP contribution >= 0.6 is 0 Å². The molecule has 3 aliphatic rings. The molecule has 1 amide bonds. The summed E-state index contributed by atoms with van der Waals surface area (Å²) in [4.78, 5) is 36.0. The third-order valence-corrected chi connectivity index (χ3v) is 5.03. The summed E-state index contributed by atoms with van der Waals surface area (Å²) in [7, 11) is 0. The number of hydrogen-bond donors (Lipinski definition) is 0. The highest BCUT2D eigenvalue weighted by Gasteiger charge is 2.47. The fourth-order valence-corrected chi connectivity index (χ4v) is 3.86. The number of aromatic nitrogens is 2. The van der Waals surface area contributed by atoms with Crippen LogP contribution in [-0.4, -0.2) is 50.9 Å². The number of hydrogen-bond acceptors (Lipinski definition) is 6. The first-order valence-corrected chi connectivity index (χ1v) is 8.57. The Morgan fingerprint density at radius 2 is 1.81 bits per heavy atom. The summed E-state index contributed by atoms with van der Waals surface area (Å²) < 4.78 is 0. The van der Waals surface area contributed by atoms with Crippen LogP contribution in [0.3, 0.4) is 0 Å². The predicted octanol–water partition coefficient (Wildman–Crippen LogP) is 2.10. The number of piperazine rings is 1. The molecule has 0 aliphatic carbocycles. The monoisotopic (exact) mass is 353 g/mol. The minimum atomic E-state index is -0.462. The molecular weight excluding hydrogens is 334 g/mol. The van der Waals surface area contributed by atoms with Crippen LogP contribution in [-0.2, 0) is 0 Å². The topological polar surface area (TPSA) is 92.5 Å². The standard InChI is InChI=1S/C18H19N5O3/c1-11-7-17(20-12(2)19-11)21-9-15-8-16(10-21)22(15)18(24)13-3-5-14(6-4-13)23(25)26/h3-7,15-16H,8-10H2,1-2H3. The first kappa shape index (κ1) is 16.4. The van der Waals surface area contributed by atoms with E-state index in [9.17, 15) is 14.9 Å². The van der Waals surface area contributed by atoms with Crippen molar-refractivity contribution in [2.75, 3.05) is 18.0 Å². The van der Waals surface area contributed by atoms with Crippen molar-refractivity contribution < 1.29 is 9.72 Å². The fraction of sp³-hybridized carbons (Fsp3) is 0.389. The molecular formula is C18H19N5O3. The van der Waals surface area contributed by atoms with Crippen molar-refractivity contribution in [1.29, 1.82) is 0 Å². The Morgan fingerprint density at radius 1 is 1.15 bits per heavy atom. The van der Waals surface area contributed by atoms with Gasteiger partial charge in [-0.25, -0.2) is 9.97 Å². The summed E-state index contributed by atoms with van der Waals surface area (Å²) >= 11 is 0. The summed E-state index contributed by atoms with van der Waals surface area (Å²) in [6.07, 6.45) is 0.984. The van der Waals surface area contributed by atoms with Crippen molar-refractivity contribution in [1.82, 2.24) is 14.9 Å². The van der Waals surface area contributed by atoms with Gasteiger partial charge < -0.3 is 9.80 Å². The summed E-state index contributed by atoms with van der Waals surface area (Å²) in [5, 5.41) is 10.8. The Hall–Kier alpha value is -3.03. The molecule has 5 rings (SSSR count). The summed E-state index contributed by atoms with van der Waals surface area (Å²) in [5.41, 5.74) is 1.42. The molecule has 0 spiro atoms. The molecule has 0 radical (unpaired) electrons. The maximum atomic E-state index is 12.8. The van der Waals surface area contributed by atoms with Crippen LogP contribution in [0, 0.1) is 24.0 Å². The van der Waals surface area contributed by atoms with Crippen molar-refractivity contribution >= 4 is 17.4 Å². The third-order valence-electron chi connectivity index (χ3n) is 5.03. The van der Waals surface area contributed by atoms with Crippen LogP contribution in [0.4, 0.5) is 11.5 Å². The number of nitrogens with zero attached hydrogens (tertiary/aromatic N) is 5. The van der Waals surface area contributed by atoms with E-state index in [2.05, 4.69) is 14.9 Å². The van der Waals surface area contributed by atoms with E-state index in [4.69, 9.17) is 0 Å². The van der Waals surface area contributed by atoms with Gasteiger partial charge in [0.2, 0.25) is 0 Å². The van der Waals surface area contributed by atoms with Crippen molar-refractivity contribution in [3.63, 3.8) is 0 Å². The van der Waals surface area contributed by atoms with Gasteiger partial charge >= 0.3 is 0 Å². The molecule has 26 heavy (non-hydrogen) atoms. The number of carbonyl (C=O) groups excluding carboxylic acids is 1. The van der Waals surface area contributed by atoms with Gasteiger partial charge in [-0.1, -0.05) is 0 Å². The zero-order chi connectivity index (χ0) is 18.4. The molecule has 134 valence electrons. The molecule has 0 saturated carbocycles. The Kier molecular flexibility index (Phi) is 3.82. The number of rotatable bonds is 3. The average molecular weight is 353 g/mol. The second-order valence-corrected chi connectivity index (χ2v) is 6.88. The van der Waals surface area contributed by atoms with Gasteiger partial charge in [-0.15, -0.1) is 0 Å². The lowest BCUT2D eigenvalue weighted by atomic mass is 9.86. The summed E-state index contributed by atoms with van der Waals surface area (Å²) in [5.74, 6) is 1.60. The number of fused-ring (bicyclic) bond motifs is 2. The summed E-state index contributed by atoms with van der Waals surface area (Å²) in [6.45, 7) is 5.31. The average Bonchev–Trinajstić information content (AvgIpc) is 2.61. The van der Waals surface area contributed by atoms with Gasteiger partial charge in [0.1, 0.15) is 11.6 Å². The lowest BCUT2D eigenvalue weighted by Crippen LogP contribution is -2.70. The number of non-ortho nitro benzene ring substituents is 1. The Morgan fingerprint density at radius 3 is 2.38 bits per heavy atom. The quantitative estimate of drug-likeness (QED) is 0.620. The van der Waals surface area contributed by atoms with E-state index in [0.29, 0.717) is 5.56 Å². The molecule has 2 bridgehead atoms. The van der Waals surface area contributed by atoms with Crippen molar-refractivity contribution in [2.24, 2.45) is 0 Å². The van der Waals surface area contributed by atoms with Crippen molar-refractivity contribution in [2.45, 2.75) is 32.4 Å². The molecule has 1 aromatic carbocycles. The minimum Gasteiger partial charge on any atom is -0.352 e. The largest absolute Gasteiger partial charge is 0.352 e. The van der Waals surface area contributed by atoms with Crippen LogP contribution < -0.4 is 4.90 Å². The second kappa shape index (κ2) is 6.05. The maximum Gasteiger partial charge on any atom is 0.269 e. The highest BCUT2D eigenvalue weighted by Crippen LogP contribution is 2.35. The molecule has 2 unspecified atom stereocenters. The van der Waals surface area contributed by atoms with E-state index < -0.39 is 4.92 Å². The number of benzene rings is 1. The van der Waals surface area contributed by atoms with Crippen LogP contribution in [0.1, 0.15) is 28.3 Å². The summed E-state index contributed by atoms with van der Waals surface area (Å²) in [6, 6.07) is 8.08.